The number of piperidine rings is 1. The van der Waals surface area contributed by atoms with Gasteiger partial charge in [-0.1, -0.05) is 23.9 Å². The van der Waals surface area contributed by atoms with Crippen LogP contribution < -0.4 is 0 Å². The highest BCUT2D eigenvalue weighted by Gasteiger charge is 2.41. The van der Waals surface area contributed by atoms with Gasteiger partial charge >= 0.3 is 11.9 Å². The minimum Gasteiger partial charge on any atom is -0.466 e. The van der Waals surface area contributed by atoms with Gasteiger partial charge < -0.3 is 19.3 Å². The molecule has 0 spiro atoms. The summed E-state index contributed by atoms with van der Waals surface area (Å²) < 4.78 is 24.4. The van der Waals surface area contributed by atoms with Crippen molar-refractivity contribution in [3.05, 3.63) is 58.0 Å². The van der Waals surface area contributed by atoms with Gasteiger partial charge in [-0.05, 0) is 49.8 Å². The summed E-state index contributed by atoms with van der Waals surface area (Å²) in [6.07, 6.45) is 1.47. The highest BCUT2D eigenvalue weighted by Crippen LogP contribution is 2.45. The van der Waals surface area contributed by atoms with Crippen LogP contribution in [0.4, 0.5) is 4.39 Å². The number of rotatable bonds is 6. The second kappa shape index (κ2) is 10.6. The molecule has 0 aliphatic carbocycles. The van der Waals surface area contributed by atoms with Gasteiger partial charge in [0.15, 0.2) is 5.17 Å². The molecule has 1 aromatic carbocycles. The number of thioether (sulfide) groups is 1. The first-order valence-electron chi connectivity index (χ1n) is 11.6. The summed E-state index contributed by atoms with van der Waals surface area (Å²) in [6, 6.07) is 5.35. The molecule has 8 nitrogen and oxygen atoms in total. The van der Waals surface area contributed by atoms with E-state index in [9.17, 15) is 18.8 Å². The van der Waals surface area contributed by atoms with Crippen LogP contribution in [0, 0.1) is 11.7 Å². The number of ether oxygens (including phenoxy) is 2. The average Bonchev–Trinajstić information content (AvgIpc) is 3.24. The Morgan fingerprint density at radius 1 is 1.29 bits per heavy atom. The van der Waals surface area contributed by atoms with Gasteiger partial charge in [0.25, 0.3) is 0 Å². The van der Waals surface area contributed by atoms with Crippen molar-refractivity contribution in [2.45, 2.75) is 39.2 Å². The van der Waals surface area contributed by atoms with Crippen molar-refractivity contribution in [3.8, 4) is 0 Å². The van der Waals surface area contributed by atoms with E-state index < -0.39 is 17.8 Å². The lowest BCUT2D eigenvalue weighted by atomic mass is 9.93. The van der Waals surface area contributed by atoms with E-state index in [1.54, 1.807) is 30.9 Å². The molecule has 4 rings (SSSR count). The number of carbonyl (C=O) groups is 3. The molecule has 1 saturated heterocycles. The molecule has 186 valence electrons. The molecule has 35 heavy (non-hydrogen) atoms. The third-order valence-corrected chi connectivity index (χ3v) is 7.19. The number of methoxy groups -OCH3 is 1. The van der Waals surface area contributed by atoms with Crippen LogP contribution in [0.5, 0.6) is 0 Å². The van der Waals surface area contributed by atoms with Gasteiger partial charge in [0.2, 0.25) is 5.91 Å². The lowest BCUT2D eigenvalue weighted by molar-refractivity contribution is -0.151. The highest BCUT2D eigenvalue weighted by molar-refractivity contribution is 8.16. The fraction of sp³-hybridized carbons (Fsp3) is 0.440. The van der Waals surface area contributed by atoms with Crippen LogP contribution in [0.3, 0.4) is 0 Å². The van der Waals surface area contributed by atoms with Crippen LogP contribution in [-0.4, -0.2) is 59.6 Å². The molecular formula is C25H28FN3O5S. The third-order valence-electron chi connectivity index (χ3n) is 6.30. The molecule has 3 aliphatic rings. The van der Waals surface area contributed by atoms with Gasteiger partial charge in [0, 0.05) is 18.8 Å². The summed E-state index contributed by atoms with van der Waals surface area (Å²) in [5.41, 5.74) is 1.99. The van der Waals surface area contributed by atoms with Crippen LogP contribution >= 0.6 is 11.8 Å². The minimum atomic E-state index is -0.687. The Balaban J connectivity index is 1.60. The topological polar surface area (TPSA) is 88.5 Å². The number of aliphatic imine (C=N–C) groups is 1. The molecule has 1 aromatic rings. The van der Waals surface area contributed by atoms with E-state index in [0.29, 0.717) is 53.8 Å². The first kappa shape index (κ1) is 25.0. The van der Waals surface area contributed by atoms with Gasteiger partial charge in [-0.15, -0.1) is 0 Å². The zero-order chi connectivity index (χ0) is 25.1. The standard InChI is InChI=1S/C25H28FN3O5S/c1-4-34-23(31)17-8-6-10-28(13-17)20(30)12-19-14-35-25-27-15(2)21(24(32)33-3)22(29(19)25)16-7-5-9-18(26)11-16/h5,7,9,11,14,17,22H,4,6,8,10,12-13H2,1-3H3/t17-,22-/m0/s1. The van der Waals surface area contributed by atoms with E-state index in [1.807, 2.05) is 10.3 Å². The molecule has 0 saturated carbocycles. The van der Waals surface area contributed by atoms with Gasteiger partial charge in [-0.25, -0.2) is 14.2 Å². The van der Waals surface area contributed by atoms with Crippen LogP contribution in [0.15, 0.2) is 51.6 Å². The summed E-state index contributed by atoms with van der Waals surface area (Å²) in [5, 5.41) is 2.44. The Labute approximate surface area is 207 Å². The number of nitrogens with zero attached hydrogens (tertiary/aromatic N) is 3. The van der Waals surface area contributed by atoms with E-state index in [1.165, 1.54) is 31.0 Å². The largest absolute Gasteiger partial charge is 0.466 e. The van der Waals surface area contributed by atoms with E-state index >= 15 is 0 Å². The van der Waals surface area contributed by atoms with Crippen LogP contribution in [-0.2, 0) is 23.9 Å². The molecule has 0 radical (unpaired) electrons. The Morgan fingerprint density at radius 2 is 2.09 bits per heavy atom. The van der Waals surface area contributed by atoms with Crippen LogP contribution in [0.25, 0.3) is 0 Å². The maximum absolute atomic E-state index is 14.2. The Bertz CT molecular complexity index is 1130. The number of allylic oxidation sites excluding steroid dienone is 1. The van der Waals surface area contributed by atoms with Crippen molar-refractivity contribution >= 4 is 34.8 Å². The molecule has 3 heterocycles. The van der Waals surface area contributed by atoms with Gasteiger partial charge in [-0.3, -0.25) is 9.59 Å². The number of fused-ring (bicyclic) bond motifs is 1. The second-order valence-electron chi connectivity index (χ2n) is 8.55. The predicted molar refractivity (Wildman–Crippen MR) is 129 cm³/mol. The smallest absolute Gasteiger partial charge is 0.338 e. The fourth-order valence-electron chi connectivity index (χ4n) is 4.66. The molecule has 2 atom stereocenters. The molecule has 0 bridgehead atoms. The number of amidine groups is 1. The molecule has 0 aromatic heterocycles. The Morgan fingerprint density at radius 3 is 2.80 bits per heavy atom. The summed E-state index contributed by atoms with van der Waals surface area (Å²) in [7, 11) is 1.29. The number of carbonyl (C=O) groups excluding carboxylic acids is 3. The molecular weight excluding hydrogens is 473 g/mol. The third kappa shape index (κ3) is 5.12. The van der Waals surface area contributed by atoms with Crippen molar-refractivity contribution in [2.24, 2.45) is 10.9 Å². The predicted octanol–water partition coefficient (Wildman–Crippen LogP) is 3.77. The lowest BCUT2D eigenvalue weighted by Gasteiger charge is -2.37. The van der Waals surface area contributed by atoms with Crippen molar-refractivity contribution in [1.82, 2.24) is 9.80 Å². The number of halogens is 1. The Hall–Kier alpha value is -3.14. The summed E-state index contributed by atoms with van der Waals surface area (Å²) in [6.45, 7) is 4.67. The summed E-state index contributed by atoms with van der Waals surface area (Å²) >= 11 is 1.35. The summed E-state index contributed by atoms with van der Waals surface area (Å²) in [5.74, 6) is -1.73. The maximum Gasteiger partial charge on any atom is 0.338 e. The number of likely N-dealkylation sites (tertiary alicyclic amines) is 1. The van der Waals surface area contributed by atoms with Gasteiger partial charge in [0.1, 0.15) is 5.82 Å². The number of hydrogen-bond acceptors (Lipinski definition) is 8. The number of esters is 2. The quantitative estimate of drug-likeness (QED) is 0.549. The first-order valence-corrected chi connectivity index (χ1v) is 12.4. The van der Waals surface area contributed by atoms with Crippen molar-refractivity contribution in [3.63, 3.8) is 0 Å². The maximum atomic E-state index is 14.2. The van der Waals surface area contributed by atoms with Crippen molar-refractivity contribution in [2.75, 3.05) is 26.8 Å². The van der Waals surface area contributed by atoms with Crippen LogP contribution in [0.1, 0.15) is 44.7 Å². The monoisotopic (exact) mass is 501 g/mol. The minimum absolute atomic E-state index is 0.0564. The SMILES string of the molecule is CCOC(=O)[C@H]1CCCN(C(=O)CC2=CSC3=NC(C)=C(C(=O)OC)[C@H](c4cccc(F)c4)N23)C1. The zero-order valence-corrected chi connectivity index (χ0v) is 20.8. The Kier molecular flexibility index (Phi) is 7.59. The fourth-order valence-corrected chi connectivity index (χ4v) is 5.62. The lowest BCUT2D eigenvalue weighted by Crippen LogP contribution is -2.44. The molecule has 0 unspecified atom stereocenters. The van der Waals surface area contributed by atoms with E-state index in [2.05, 4.69) is 4.99 Å². The van der Waals surface area contributed by atoms with E-state index in [4.69, 9.17) is 9.47 Å². The number of benzene rings is 1. The zero-order valence-electron chi connectivity index (χ0n) is 20.0. The number of hydrogen-bond donors (Lipinski definition) is 0. The highest BCUT2D eigenvalue weighted by atomic mass is 32.2. The molecule has 1 amide bonds. The van der Waals surface area contributed by atoms with Crippen molar-refractivity contribution in [1.29, 1.82) is 0 Å². The second-order valence-corrected chi connectivity index (χ2v) is 9.38. The van der Waals surface area contributed by atoms with E-state index in [0.717, 1.165) is 6.42 Å². The molecule has 1 fully saturated rings. The summed E-state index contributed by atoms with van der Waals surface area (Å²) in [4.78, 5) is 46.3. The first-order chi connectivity index (χ1) is 16.8. The van der Waals surface area contributed by atoms with E-state index in [-0.39, 0.29) is 24.2 Å². The average molecular weight is 502 g/mol. The molecule has 0 N–H and O–H groups in total. The van der Waals surface area contributed by atoms with Gasteiger partial charge in [-0.2, -0.15) is 0 Å². The molecule has 10 heteroatoms. The van der Waals surface area contributed by atoms with Crippen molar-refractivity contribution < 1.29 is 28.2 Å². The van der Waals surface area contributed by atoms with Crippen LogP contribution in [0.2, 0.25) is 0 Å². The normalized spacial score (nSPS) is 21.8. The van der Waals surface area contributed by atoms with Gasteiger partial charge in [0.05, 0.1) is 43.4 Å². The number of amides is 1. The molecule has 3 aliphatic heterocycles.